The van der Waals surface area contributed by atoms with E-state index in [1.807, 2.05) is 6.07 Å². The number of hydrogen-bond donors (Lipinski definition) is 1. The molecule has 1 amide bonds. The summed E-state index contributed by atoms with van der Waals surface area (Å²) in [5.41, 5.74) is 0.808. The van der Waals surface area contributed by atoms with Crippen molar-refractivity contribution in [3.05, 3.63) is 29.8 Å². The van der Waals surface area contributed by atoms with Gasteiger partial charge in [0.05, 0.1) is 18.9 Å². The first-order valence-electron chi connectivity index (χ1n) is 6.61. The molecule has 0 bridgehead atoms. The van der Waals surface area contributed by atoms with Crippen molar-refractivity contribution in [2.75, 3.05) is 13.1 Å². The molecule has 1 aromatic carbocycles. The number of amides is 1. The Morgan fingerprint density at radius 3 is 2.89 bits per heavy atom. The average molecular weight is 258 g/mol. The van der Waals surface area contributed by atoms with Gasteiger partial charge >= 0.3 is 0 Å². The van der Waals surface area contributed by atoms with E-state index < -0.39 is 0 Å². The van der Waals surface area contributed by atoms with Crippen molar-refractivity contribution in [1.29, 1.82) is 5.26 Å². The Balaban J connectivity index is 1.95. The van der Waals surface area contributed by atoms with Gasteiger partial charge in [-0.25, -0.2) is 0 Å². The molecular weight excluding hydrogens is 240 g/mol. The molecule has 4 heteroatoms. The van der Waals surface area contributed by atoms with Crippen molar-refractivity contribution in [1.82, 2.24) is 4.90 Å². The first-order chi connectivity index (χ1) is 9.19. The number of carbonyl (C=O) groups excluding carboxylic acids is 1. The molecule has 0 aliphatic heterocycles. The molecule has 0 unspecified atom stereocenters. The summed E-state index contributed by atoms with van der Waals surface area (Å²) in [6.45, 7) is 1.27. The summed E-state index contributed by atoms with van der Waals surface area (Å²) < 4.78 is 0. The maximum Gasteiger partial charge on any atom is 0.227 e. The van der Waals surface area contributed by atoms with Crippen molar-refractivity contribution < 1.29 is 9.90 Å². The third-order valence-corrected chi connectivity index (χ3v) is 3.29. The van der Waals surface area contributed by atoms with Crippen LogP contribution in [0.4, 0.5) is 0 Å². The van der Waals surface area contributed by atoms with Gasteiger partial charge in [-0.2, -0.15) is 5.26 Å². The smallest absolute Gasteiger partial charge is 0.227 e. The number of rotatable bonds is 6. The van der Waals surface area contributed by atoms with E-state index in [4.69, 9.17) is 5.26 Å². The highest BCUT2D eigenvalue weighted by Crippen LogP contribution is 2.30. The van der Waals surface area contributed by atoms with Crippen molar-refractivity contribution in [3.63, 3.8) is 0 Å². The molecule has 19 heavy (non-hydrogen) atoms. The zero-order valence-corrected chi connectivity index (χ0v) is 10.9. The average Bonchev–Trinajstić information content (AvgIpc) is 3.18. The van der Waals surface area contributed by atoms with Gasteiger partial charge in [0, 0.05) is 13.1 Å². The normalized spacial score (nSPS) is 13.8. The van der Waals surface area contributed by atoms with Crippen LogP contribution in [0.25, 0.3) is 0 Å². The van der Waals surface area contributed by atoms with Crippen LogP contribution < -0.4 is 0 Å². The summed E-state index contributed by atoms with van der Waals surface area (Å²) in [4.78, 5) is 14.0. The molecule has 1 fully saturated rings. The molecule has 0 spiro atoms. The van der Waals surface area contributed by atoms with Gasteiger partial charge in [-0.1, -0.05) is 12.1 Å². The van der Waals surface area contributed by atoms with Gasteiger partial charge in [-0.3, -0.25) is 4.79 Å². The number of nitriles is 1. The Morgan fingerprint density at radius 2 is 2.26 bits per heavy atom. The molecule has 0 saturated heterocycles. The minimum atomic E-state index is 0.0350. The van der Waals surface area contributed by atoms with Crippen molar-refractivity contribution in [2.45, 2.75) is 25.7 Å². The number of aromatic hydroxyl groups is 1. The molecular formula is C15H18N2O2. The SMILES string of the molecule is N#CCCN(CC1CC1)C(=O)Cc1cccc(O)c1. The molecule has 0 aromatic heterocycles. The summed E-state index contributed by atoms with van der Waals surface area (Å²) in [5.74, 6) is 0.829. The summed E-state index contributed by atoms with van der Waals surface area (Å²) in [6, 6.07) is 8.85. The van der Waals surface area contributed by atoms with Gasteiger partial charge in [0.2, 0.25) is 5.91 Å². The fourth-order valence-corrected chi connectivity index (χ4v) is 2.07. The highest BCUT2D eigenvalue weighted by atomic mass is 16.3. The van der Waals surface area contributed by atoms with Crippen molar-refractivity contribution in [2.24, 2.45) is 5.92 Å². The van der Waals surface area contributed by atoms with Crippen LogP contribution in [-0.4, -0.2) is 29.0 Å². The van der Waals surface area contributed by atoms with E-state index in [0.29, 0.717) is 18.9 Å². The monoisotopic (exact) mass is 258 g/mol. The minimum absolute atomic E-state index is 0.0350. The molecule has 0 radical (unpaired) electrons. The van der Waals surface area contributed by atoms with E-state index in [1.54, 1.807) is 23.1 Å². The second kappa shape index (κ2) is 6.24. The third kappa shape index (κ3) is 4.29. The van der Waals surface area contributed by atoms with Gasteiger partial charge in [0.15, 0.2) is 0 Å². The zero-order valence-electron chi connectivity index (χ0n) is 10.9. The lowest BCUT2D eigenvalue weighted by atomic mass is 10.1. The summed E-state index contributed by atoms with van der Waals surface area (Å²) in [6.07, 6.45) is 3.02. The number of hydrogen-bond acceptors (Lipinski definition) is 3. The molecule has 4 nitrogen and oxygen atoms in total. The number of benzene rings is 1. The van der Waals surface area contributed by atoms with E-state index in [-0.39, 0.29) is 18.1 Å². The second-order valence-electron chi connectivity index (χ2n) is 5.04. The highest BCUT2D eigenvalue weighted by Gasteiger charge is 2.26. The van der Waals surface area contributed by atoms with Gasteiger partial charge in [-0.05, 0) is 36.5 Å². The van der Waals surface area contributed by atoms with Crippen LogP contribution in [0.1, 0.15) is 24.8 Å². The standard InChI is InChI=1S/C15H18N2O2/c16-7-2-8-17(11-12-5-6-12)15(19)10-13-3-1-4-14(18)9-13/h1,3-4,9,12,18H,2,5-6,8,10-11H2. The van der Waals surface area contributed by atoms with Crippen LogP contribution in [0, 0.1) is 17.2 Å². The van der Waals surface area contributed by atoms with Crippen LogP contribution in [0.15, 0.2) is 24.3 Å². The predicted molar refractivity (Wildman–Crippen MR) is 71.3 cm³/mol. The Kier molecular flexibility index (Phi) is 4.40. The minimum Gasteiger partial charge on any atom is -0.508 e. The third-order valence-electron chi connectivity index (χ3n) is 3.29. The number of nitrogens with zero attached hydrogens (tertiary/aromatic N) is 2. The van der Waals surface area contributed by atoms with E-state index >= 15 is 0 Å². The van der Waals surface area contributed by atoms with Crippen LogP contribution >= 0.6 is 0 Å². The molecule has 1 aromatic rings. The molecule has 0 heterocycles. The Labute approximate surface area is 113 Å². The van der Waals surface area contributed by atoms with Crippen LogP contribution in [0.5, 0.6) is 5.75 Å². The molecule has 1 aliphatic rings. The Bertz CT molecular complexity index is 489. The van der Waals surface area contributed by atoms with Crippen molar-refractivity contribution >= 4 is 5.91 Å². The quantitative estimate of drug-likeness (QED) is 0.849. The molecule has 100 valence electrons. The summed E-state index contributed by atoms with van der Waals surface area (Å²) >= 11 is 0. The van der Waals surface area contributed by atoms with Crippen LogP contribution in [0.3, 0.4) is 0 Å². The van der Waals surface area contributed by atoms with Gasteiger partial charge in [0.1, 0.15) is 5.75 Å². The Hall–Kier alpha value is -2.02. The maximum atomic E-state index is 12.2. The van der Waals surface area contributed by atoms with E-state index in [9.17, 15) is 9.90 Å². The fraction of sp³-hybridized carbons (Fsp3) is 0.467. The van der Waals surface area contributed by atoms with Gasteiger partial charge in [0.25, 0.3) is 0 Å². The highest BCUT2D eigenvalue weighted by molar-refractivity contribution is 5.79. The first-order valence-corrected chi connectivity index (χ1v) is 6.61. The molecule has 2 rings (SSSR count). The van der Waals surface area contributed by atoms with Crippen LogP contribution in [0.2, 0.25) is 0 Å². The van der Waals surface area contributed by atoms with Gasteiger partial charge < -0.3 is 10.0 Å². The molecule has 1 N–H and O–H groups in total. The molecule has 1 saturated carbocycles. The molecule has 1 aliphatic carbocycles. The van der Waals surface area contributed by atoms with E-state index in [0.717, 1.165) is 12.1 Å². The molecule has 0 atom stereocenters. The maximum absolute atomic E-state index is 12.2. The van der Waals surface area contributed by atoms with E-state index in [1.165, 1.54) is 12.8 Å². The first kappa shape index (κ1) is 13.4. The van der Waals surface area contributed by atoms with E-state index in [2.05, 4.69) is 6.07 Å². The lowest BCUT2D eigenvalue weighted by molar-refractivity contribution is -0.130. The second-order valence-corrected chi connectivity index (χ2v) is 5.04. The number of carbonyl (C=O) groups is 1. The topological polar surface area (TPSA) is 64.3 Å². The Morgan fingerprint density at radius 1 is 1.47 bits per heavy atom. The number of phenols is 1. The lowest BCUT2D eigenvalue weighted by Crippen LogP contribution is -2.34. The van der Waals surface area contributed by atoms with Gasteiger partial charge in [-0.15, -0.1) is 0 Å². The zero-order chi connectivity index (χ0) is 13.7. The summed E-state index contributed by atoms with van der Waals surface area (Å²) in [7, 11) is 0. The van der Waals surface area contributed by atoms with Crippen LogP contribution in [-0.2, 0) is 11.2 Å². The number of phenolic OH excluding ortho intramolecular Hbond substituents is 1. The fourth-order valence-electron chi connectivity index (χ4n) is 2.07. The largest absolute Gasteiger partial charge is 0.508 e. The summed E-state index contributed by atoms with van der Waals surface area (Å²) in [5, 5.41) is 18.0. The predicted octanol–water partition coefficient (Wildman–Crippen LogP) is 2.09. The lowest BCUT2D eigenvalue weighted by Gasteiger charge is -2.21. The van der Waals surface area contributed by atoms with Crippen molar-refractivity contribution in [3.8, 4) is 11.8 Å².